The molecule has 0 aliphatic heterocycles. The van der Waals surface area contributed by atoms with E-state index < -0.39 is 28.7 Å². The van der Waals surface area contributed by atoms with Crippen LogP contribution in [-0.2, 0) is 20.7 Å². The summed E-state index contributed by atoms with van der Waals surface area (Å²) in [5.74, 6) is -2.43. The first-order chi connectivity index (χ1) is 13.8. The number of halogens is 1. The molecule has 1 aromatic heterocycles. The molecule has 1 heterocycles. The molecule has 152 valence electrons. The van der Waals surface area contributed by atoms with Crippen LogP contribution >= 0.6 is 22.9 Å². The summed E-state index contributed by atoms with van der Waals surface area (Å²) in [5.41, 5.74) is 0.356. The first-order valence-corrected chi connectivity index (χ1v) is 9.54. The van der Waals surface area contributed by atoms with Gasteiger partial charge in [-0.1, -0.05) is 11.6 Å². The zero-order valence-electron chi connectivity index (χ0n) is 15.3. The number of hydrogen-bond acceptors (Lipinski definition) is 8. The summed E-state index contributed by atoms with van der Waals surface area (Å²) < 4.78 is 9.66. The highest BCUT2D eigenvalue weighted by atomic mass is 35.5. The van der Waals surface area contributed by atoms with E-state index in [0.29, 0.717) is 18.4 Å². The van der Waals surface area contributed by atoms with E-state index in [1.807, 2.05) is 0 Å². The number of thiophene rings is 1. The zero-order valence-corrected chi connectivity index (χ0v) is 16.9. The van der Waals surface area contributed by atoms with E-state index in [0.717, 1.165) is 17.0 Å². The van der Waals surface area contributed by atoms with Crippen molar-refractivity contribution in [3.05, 3.63) is 54.9 Å². The Kier molecular flexibility index (Phi) is 5.85. The molecule has 0 saturated carbocycles. The van der Waals surface area contributed by atoms with Crippen molar-refractivity contribution < 1.29 is 28.8 Å². The number of nitrogens with one attached hydrogen (secondary N) is 1. The number of rotatable bonds is 5. The second-order valence-corrected chi connectivity index (χ2v) is 7.64. The van der Waals surface area contributed by atoms with Gasteiger partial charge in [-0.25, -0.2) is 4.79 Å². The van der Waals surface area contributed by atoms with Gasteiger partial charge in [-0.2, -0.15) is 0 Å². The Bertz CT molecular complexity index is 1030. The van der Waals surface area contributed by atoms with Crippen LogP contribution in [0.25, 0.3) is 0 Å². The van der Waals surface area contributed by atoms with E-state index in [1.165, 1.54) is 31.6 Å². The number of ether oxygens (including phenoxy) is 2. The van der Waals surface area contributed by atoms with Gasteiger partial charge in [0.05, 0.1) is 41.2 Å². The van der Waals surface area contributed by atoms with Crippen molar-refractivity contribution in [2.75, 3.05) is 19.5 Å². The lowest BCUT2D eigenvalue weighted by Crippen LogP contribution is -2.18. The molecule has 9 nitrogen and oxygen atoms in total. The molecule has 11 heteroatoms. The van der Waals surface area contributed by atoms with Crippen LogP contribution in [0.1, 0.15) is 43.5 Å². The van der Waals surface area contributed by atoms with E-state index in [4.69, 9.17) is 21.1 Å². The lowest BCUT2D eigenvalue weighted by Gasteiger charge is -2.12. The van der Waals surface area contributed by atoms with Gasteiger partial charge in [0.15, 0.2) is 0 Å². The number of aryl methyl sites for hydroxylation is 1. The number of carbonyl (C=O) groups is 3. The highest BCUT2D eigenvalue weighted by Gasteiger charge is 2.38. The maximum absolute atomic E-state index is 12.7. The Labute approximate surface area is 173 Å². The molecule has 0 fully saturated rings. The average Bonchev–Trinajstić information content (AvgIpc) is 3.25. The molecule has 0 unspecified atom stereocenters. The van der Waals surface area contributed by atoms with Crippen LogP contribution in [0.4, 0.5) is 10.7 Å². The van der Waals surface area contributed by atoms with Crippen molar-refractivity contribution in [2.24, 2.45) is 0 Å². The fraction of sp³-hybridized carbons (Fsp3) is 0.278. The molecule has 0 spiro atoms. The minimum Gasteiger partial charge on any atom is -0.469 e. The van der Waals surface area contributed by atoms with Crippen LogP contribution in [-0.4, -0.2) is 37.0 Å². The molecule has 1 N–H and O–H groups in total. The maximum atomic E-state index is 12.7. The molecule has 29 heavy (non-hydrogen) atoms. The van der Waals surface area contributed by atoms with Crippen LogP contribution in [0.15, 0.2) is 18.2 Å². The summed E-state index contributed by atoms with van der Waals surface area (Å²) in [4.78, 5) is 48.2. The number of anilines is 1. The minimum absolute atomic E-state index is 0.00570. The summed E-state index contributed by atoms with van der Waals surface area (Å²) >= 11 is 7.18. The lowest BCUT2D eigenvalue weighted by molar-refractivity contribution is -0.384. The van der Waals surface area contributed by atoms with Crippen LogP contribution < -0.4 is 5.32 Å². The van der Waals surface area contributed by atoms with Crippen molar-refractivity contribution in [1.29, 1.82) is 0 Å². The average molecular weight is 439 g/mol. The first-order valence-electron chi connectivity index (χ1n) is 8.35. The fourth-order valence-corrected chi connectivity index (χ4v) is 4.73. The number of nitro benzene ring substituents is 1. The molecule has 0 bridgehead atoms. The summed E-state index contributed by atoms with van der Waals surface area (Å²) in [6, 6.07) is 3.45. The summed E-state index contributed by atoms with van der Waals surface area (Å²) in [7, 11) is 2.47. The van der Waals surface area contributed by atoms with Gasteiger partial charge in [-0.3, -0.25) is 19.7 Å². The number of hydrogen-bond donors (Lipinski definition) is 1. The Morgan fingerprint density at radius 3 is 2.59 bits per heavy atom. The standard InChI is InChI=1S/C18H15ClN2O7S/c1-27-17(23)10-5-6-12-13(10)14(18(24)28-2)16(29-12)20-15(22)9-4-3-8(21(25)26)7-11(9)19/h3-4,7,10H,5-6H2,1-2H3,(H,20,22)/t10-/m0/s1. The van der Waals surface area contributed by atoms with Gasteiger partial charge < -0.3 is 14.8 Å². The van der Waals surface area contributed by atoms with Crippen LogP contribution in [0.3, 0.4) is 0 Å². The van der Waals surface area contributed by atoms with E-state index in [2.05, 4.69) is 5.32 Å². The predicted octanol–water partition coefficient (Wildman–Crippen LogP) is 3.55. The Hall–Kier alpha value is -2.98. The number of carbonyl (C=O) groups excluding carboxylic acids is 3. The molecular formula is C18H15ClN2O7S. The topological polar surface area (TPSA) is 125 Å². The van der Waals surface area contributed by atoms with Gasteiger partial charge in [0.25, 0.3) is 11.6 Å². The Morgan fingerprint density at radius 1 is 1.28 bits per heavy atom. The highest BCUT2D eigenvalue weighted by molar-refractivity contribution is 7.17. The Balaban J connectivity index is 1.98. The molecule has 1 aliphatic rings. The first kappa shape index (κ1) is 20.7. The van der Waals surface area contributed by atoms with Gasteiger partial charge in [0.2, 0.25) is 0 Å². The monoisotopic (exact) mass is 438 g/mol. The minimum atomic E-state index is -0.691. The van der Waals surface area contributed by atoms with E-state index in [-0.39, 0.29) is 26.8 Å². The van der Waals surface area contributed by atoms with Gasteiger partial charge in [-0.15, -0.1) is 11.3 Å². The number of nitro groups is 1. The molecular weight excluding hydrogens is 424 g/mol. The van der Waals surface area contributed by atoms with Crippen molar-refractivity contribution >= 4 is 51.5 Å². The van der Waals surface area contributed by atoms with Gasteiger partial charge in [0.1, 0.15) is 5.00 Å². The third-order valence-corrected chi connectivity index (χ3v) is 6.03. The third-order valence-electron chi connectivity index (χ3n) is 4.54. The van der Waals surface area contributed by atoms with Gasteiger partial charge >= 0.3 is 11.9 Å². The third kappa shape index (κ3) is 3.81. The normalized spacial score (nSPS) is 14.8. The number of non-ortho nitro benzene ring substituents is 1. The smallest absolute Gasteiger partial charge is 0.341 e. The summed E-state index contributed by atoms with van der Waals surface area (Å²) in [6.07, 6.45) is 1.05. The van der Waals surface area contributed by atoms with E-state index >= 15 is 0 Å². The van der Waals surface area contributed by atoms with Gasteiger partial charge in [0, 0.05) is 17.0 Å². The molecule has 1 aromatic carbocycles. The second-order valence-electron chi connectivity index (χ2n) is 6.12. The quantitative estimate of drug-likeness (QED) is 0.429. The number of methoxy groups -OCH3 is 2. The largest absolute Gasteiger partial charge is 0.469 e. The van der Waals surface area contributed by atoms with Crippen molar-refractivity contribution in [1.82, 2.24) is 0 Å². The number of fused-ring (bicyclic) bond motifs is 1. The fourth-order valence-electron chi connectivity index (χ4n) is 3.21. The summed E-state index contributed by atoms with van der Waals surface area (Å²) in [5, 5.41) is 13.6. The Morgan fingerprint density at radius 2 is 2.00 bits per heavy atom. The van der Waals surface area contributed by atoms with E-state index in [1.54, 1.807) is 0 Å². The second kappa shape index (κ2) is 8.18. The highest BCUT2D eigenvalue weighted by Crippen LogP contribution is 2.46. The van der Waals surface area contributed by atoms with Crippen molar-refractivity contribution in [2.45, 2.75) is 18.8 Å². The maximum Gasteiger partial charge on any atom is 0.341 e. The molecule has 1 amide bonds. The number of esters is 2. The van der Waals surface area contributed by atoms with Gasteiger partial charge in [-0.05, 0) is 24.5 Å². The van der Waals surface area contributed by atoms with Crippen molar-refractivity contribution in [3.8, 4) is 0 Å². The van der Waals surface area contributed by atoms with Crippen molar-refractivity contribution in [3.63, 3.8) is 0 Å². The summed E-state index contributed by atoms with van der Waals surface area (Å²) in [6.45, 7) is 0. The number of benzene rings is 1. The van der Waals surface area contributed by atoms with E-state index in [9.17, 15) is 24.5 Å². The lowest BCUT2D eigenvalue weighted by atomic mass is 9.99. The van der Waals surface area contributed by atoms with Crippen LogP contribution in [0, 0.1) is 10.1 Å². The molecule has 3 rings (SSSR count). The predicted molar refractivity (Wildman–Crippen MR) is 105 cm³/mol. The van der Waals surface area contributed by atoms with Crippen LogP contribution in [0.5, 0.6) is 0 Å². The zero-order chi connectivity index (χ0) is 21.3. The number of amides is 1. The molecule has 1 aliphatic carbocycles. The number of nitrogens with zero attached hydrogens (tertiary/aromatic N) is 1. The SMILES string of the molecule is COC(=O)c1c(NC(=O)c2ccc([N+](=O)[O-])cc2Cl)sc2c1[C@@H](C(=O)OC)CC2. The van der Waals surface area contributed by atoms with Crippen LogP contribution in [0.2, 0.25) is 5.02 Å². The molecule has 0 saturated heterocycles. The molecule has 2 aromatic rings. The molecule has 0 radical (unpaired) electrons. The molecule has 1 atom stereocenters.